The molecule has 0 radical (unpaired) electrons. The van der Waals surface area contributed by atoms with Crippen LogP contribution < -0.4 is 10.6 Å². The largest absolute Gasteiger partial charge is 0.325 e. The first-order valence-corrected chi connectivity index (χ1v) is 11.7. The number of thioether (sulfide) groups is 1. The van der Waals surface area contributed by atoms with Crippen molar-refractivity contribution in [3.8, 4) is 0 Å². The fourth-order valence-electron chi connectivity index (χ4n) is 3.00. The van der Waals surface area contributed by atoms with E-state index in [0.717, 1.165) is 16.8 Å². The molecule has 1 heterocycles. The molecular weight excluding hydrogens is 469 g/mol. The Kier molecular flexibility index (Phi) is 8.17. The van der Waals surface area contributed by atoms with Crippen molar-refractivity contribution in [1.29, 1.82) is 0 Å². The van der Waals surface area contributed by atoms with Gasteiger partial charge in [0.15, 0.2) is 5.16 Å². The number of aromatic nitrogens is 3. The summed E-state index contributed by atoms with van der Waals surface area (Å²) in [5, 5.41) is 15.2. The first kappa shape index (κ1) is 24.1. The van der Waals surface area contributed by atoms with Crippen LogP contribution in [0.4, 0.5) is 11.4 Å². The van der Waals surface area contributed by atoms with Gasteiger partial charge in [-0.2, -0.15) is 0 Å². The molecule has 0 fully saturated rings. The highest BCUT2D eigenvalue weighted by atomic mass is 35.5. The summed E-state index contributed by atoms with van der Waals surface area (Å²) in [6.45, 7) is 6.42. The van der Waals surface area contributed by atoms with E-state index in [9.17, 15) is 9.59 Å². The lowest BCUT2D eigenvalue weighted by Gasteiger charge is -2.10. The standard InChI is InChI=1S/C22H23Cl2N5O2S/c1-4-29-18(11-19(30)25-16-7-5-6-15(23)21(16)24)27-28-22(29)32-12-20(31)26-17-10-13(2)8-9-14(17)3/h5-10H,4,11-12H2,1-3H3,(H,25,30)(H,26,31). The van der Waals surface area contributed by atoms with Gasteiger partial charge in [-0.3, -0.25) is 9.59 Å². The maximum atomic E-state index is 12.5. The molecule has 2 amide bonds. The smallest absolute Gasteiger partial charge is 0.234 e. The first-order chi connectivity index (χ1) is 15.3. The molecule has 1 aromatic heterocycles. The molecule has 0 atom stereocenters. The van der Waals surface area contributed by atoms with Gasteiger partial charge < -0.3 is 15.2 Å². The normalized spacial score (nSPS) is 10.8. The molecule has 10 heteroatoms. The summed E-state index contributed by atoms with van der Waals surface area (Å²) in [5.74, 6) is 0.251. The maximum absolute atomic E-state index is 12.5. The minimum absolute atomic E-state index is 0.0128. The van der Waals surface area contributed by atoms with Crippen LogP contribution in [0.5, 0.6) is 0 Å². The fourth-order valence-corrected chi connectivity index (χ4v) is 4.17. The molecule has 7 nitrogen and oxygen atoms in total. The lowest BCUT2D eigenvalue weighted by Crippen LogP contribution is -2.18. The molecule has 0 bridgehead atoms. The maximum Gasteiger partial charge on any atom is 0.234 e. The fraction of sp³-hybridized carbons (Fsp3) is 0.273. The third-order valence-electron chi connectivity index (χ3n) is 4.65. The van der Waals surface area contributed by atoms with Gasteiger partial charge in [-0.1, -0.05) is 53.2 Å². The lowest BCUT2D eigenvalue weighted by atomic mass is 10.1. The quantitative estimate of drug-likeness (QED) is 0.426. The summed E-state index contributed by atoms with van der Waals surface area (Å²) in [6.07, 6.45) is 0.0128. The summed E-state index contributed by atoms with van der Waals surface area (Å²) in [4.78, 5) is 24.9. The van der Waals surface area contributed by atoms with Crippen LogP contribution in [0.2, 0.25) is 10.0 Å². The summed E-state index contributed by atoms with van der Waals surface area (Å²) in [6, 6.07) is 10.9. The number of hydrogen-bond acceptors (Lipinski definition) is 5. The lowest BCUT2D eigenvalue weighted by molar-refractivity contribution is -0.116. The minimum atomic E-state index is -0.291. The van der Waals surface area contributed by atoms with Gasteiger partial charge in [0.05, 0.1) is 27.9 Å². The highest BCUT2D eigenvalue weighted by Crippen LogP contribution is 2.29. The molecule has 32 heavy (non-hydrogen) atoms. The summed E-state index contributed by atoms with van der Waals surface area (Å²) >= 11 is 13.4. The summed E-state index contributed by atoms with van der Waals surface area (Å²) < 4.78 is 1.81. The molecule has 2 aromatic carbocycles. The van der Waals surface area contributed by atoms with Gasteiger partial charge in [0, 0.05) is 12.2 Å². The van der Waals surface area contributed by atoms with Crippen LogP contribution in [0.25, 0.3) is 0 Å². The molecule has 0 saturated carbocycles. The molecule has 0 aliphatic heterocycles. The van der Waals surface area contributed by atoms with E-state index in [1.54, 1.807) is 18.2 Å². The Morgan fingerprint density at radius 3 is 2.53 bits per heavy atom. The van der Waals surface area contributed by atoms with E-state index in [1.165, 1.54) is 11.8 Å². The van der Waals surface area contributed by atoms with E-state index in [4.69, 9.17) is 23.2 Å². The molecular formula is C22H23Cl2N5O2S. The number of aryl methyl sites for hydroxylation is 2. The zero-order valence-electron chi connectivity index (χ0n) is 17.9. The number of nitrogens with zero attached hydrogens (tertiary/aromatic N) is 3. The van der Waals surface area contributed by atoms with Crippen molar-refractivity contribution in [3.63, 3.8) is 0 Å². The summed E-state index contributed by atoms with van der Waals surface area (Å²) in [5.41, 5.74) is 3.30. The second-order valence-electron chi connectivity index (χ2n) is 7.12. The number of benzene rings is 2. The first-order valence-electron chi connectivity index (χ1n) is 9.94. The van der Waals surface area contributed by atoms with E-state index in [0.29, 0.717) is 28.2 Å². The molecule has 168 valence electrons. The number of rotatable bonds is 8. The summed E-state index contributed by atoms with van der Waals surface area (Å²) in [7, 11) is 0. The average Bonchev–Trinajstić information content (AvgIpc) is 3.13. The second kappa shape index (κ2) is 10.8. The van der Waals surface area contributed by atoms with Gasteiger partial charge in [-0.05, 0) is 50.1 Å². The van der Waals surface area contributed by atoms with Gasteiger partial charge in [-0.15, -0.1) is 10.2 Å². The van der Waals surface area contributed by atoms with E-state index in [-0.39, 0.29) is 29.0 Å². The number of amides is 2. The van der Waals surface area contributed by atoms with Crippen LogP contribution in [0, 0.1) is 13.8 Å². The number of anilines is 2. The highest BCUT2D eigenvalue weighted by molar-refractivity contribution is 7.99. The zero-order chi connectivity index (χ0) is 23.3. The van der Waals surface area contributed by atoms with Crippen molar-refractivity contribution in [2.24, 2.45) is 0 Å². The third kappa shape index (κ3) is 6.03. The van der Waals surface area contributed by atoms with Crippen molar-refractivity contribution in [1.82, 2.24) is 14.8 Å². The average molecular weight is 492 g/mol. The third-order valence-corrected chi connectivity index (χ3v) is 6.44. The molecule has 3 rings (SSSR count). The van der Waals surface area contributed by atoms with Crippen LogP contribution in [0.15, 0.2) is 41.6 Å². The van der Waals surface area contributed by atoms with Crippen LogP contribution in [-0.4, -0.2) is 32.3 Å². The van der Waals surface area contributed by atoms with Gasteiger partial charge in [0.2, 0.25) is 11.8 Å². The van der Waals surface area contributed by atoms with Crippen molar-refractivity contribution in [2.75, 3.05) is 16.4 Å². The Labute approximate surface area is 200 Å². The predicted octanol–water partition coefficient (Wildman–Crippen LogP) is 5.13. The molecule has 2 N–H and O–H groups in total. The van der Waals surface area contributed by atoms with E-state index in [2.05, 4.69) is 20.8 Å². The number of carbonyl (C=O) groups is 2. The number of halogens is 2. The van der Waals surface area contributed by atoms with Crippen LogP contribution in [-0.2, 0) is 22.6 Å². The number of carbonyl (C=O) groups excluding carboxylic acids is 2. The number of hydrogen-bond donors (Lipinski definition) is 2. The molecule has 0 unspecified atom stereocenters. The van der Waals surface area contributed by atoms with Crippen LogP contribution in [0.3, 0.4) is 0 Å². The van der Waals surface area contributed by atoms with E-state index >= 15 is 0 Å². The monoisotopic (exact) mass is 491 g/mol. The van der Waals surface area contributed by atoms with Crippen LogP contribution >= 0.6 is 35.0 Å². The Hall–Kier alpha value is -2.55. The van der Waals surface area contributed by atoms with Crippen LogP contribution in [0.1, 0.15) is 23.9 Å². The number of nitrogens with one attached hydrogen (secondary N) is 2. The van der Waals surface area contributed by atoms with Crippen molar-refractivity contribution >= 4 is 58.2 Å². The van der Waals surface area contributed by atoms with Gasteiger partial charge >= 0.3 is 0 Å². The Bertz CT molecular complexity index is 1150. The molecule has 3 aromatic rings. The molecule has 0 saturated heterocycles. The SMILES string of the molecule is CCn1c(CC(=O)Nc2cccc(Cl)c2Cl)nnc1SCC(=O)Nc1cc(C)ccc1C. The van der Waals surface area contributed by atoms with Crippen molar-refractivity contribution in [2.45, 2.75) is 38.9 Å². The zero-order valence-corrected chi connectivity index (χ0v) is 20.2. The predicted molar refractivity (Wildman–Crippen MR) is 130 cm³/mol. The van der Waals surface area contributed by atoms with E-state index in [1.807, 2.05) is 43.5 Å². The van der Waals surface area contributed by atoms with Gasteiger partial charge in [0.25, 0.3) is 0 Å². The van der Waals surface area contributed by atoms with E-state index < -0.39 is 0 Å². The molecule has 0 aliphatic carbocycles. The highest BCUT2D eigenvalue weighted by Gasteiger charge is 2.17. The Morgan fingerprint density at radius 2 is 1.78 bits per heavy atom. The topological polar surface area (TPSA) is 88.9 Å². The Balaban J connectivity index is 1.61. The van der Waals surface area contributed by atoms with Crippen molar-refractivity contribution < 1.29 is 9.59 Å². The van der Waals surface area contributed by atoms with Gasteiger partial charge in [-0.25, -0.2) is 0 Å². The van der Waals surface area contributed by atoms with Gasteiger partial charge in [0.1, 0.15) is 5.82 Å². The Morgan fingerprint density at radius 1 is 1.03 bits per heavy atom. The molecule has 0 spiro atoms. The minimum Gasteiger partial charge on any atom is -0.325 e. The molecule has 0 aliphatic rings. The second-order valence-corrected chi connectivity index (χ2v) is 8.85. The van der Waals surface area contributed by atoms with Crippen molar-refractivity contribution in [3.05, 3.63) is 63.4 Å².